The number of hydrogen-bond acceptors (Lipinski definition) is 2. The summed E-state index contributed by atoms with van der Waals surface area (Å²) in [5.74, 6) is 0.742. The van der Waals surface area contributed by atoms with Crippen LogP contribution < -0.4 is 5.32 Å². The van der Waals surface area contributed by atoms with Crippen molar-refractivity contribution in [2.24, 2.45) is 5.92 Å². The second-order valence-electron chi connectivity index (χ2n) is 5.91. The second-order valence-corrected chi connectivity index (χ2v) is 5.91. The number of likely N-dealkylation sites (tertiary alicyclic amines) is 1. The molecule has 1 heterocycles. The predicted molar refractivity (Wildman–Crippen MR) is 76.4 cm³/mol. The fourth-order valence-electron chi connectivity index (χ4n) is 3.49. The van der Waals surface area contributed by atoms with Crippen molar-refractivity contribution in [2.75, 3.05) is 20.1 Å². The summed E-state index contributed by atoms with van der Waals surface area (Å²) < 4.78 is 0. The highest BCUT2D eigenvalue weighted by Crippen LogP contribution is 2.31. The maximum atomic E-state index is 3.60. The molecule has 0 spiro atoms. The zero-order valence-electron chi connectivity index (χ0n) is 12.6. The van der Waals surface area contributed by atoms with Crippen LogP contribution >= 0.6 is 0 Å². The Kier molecular flexibility index (Phi) is 5.94. The van der Waals surface area contributed by atoms with Crippen LogP contribution in [0.4, 0.5) is 0 Å². The predicted octanol–water partition coefficient (Wildman–Crippen LogP) is 3.28. The van der Waals surface area contributed by atoms with Gasteiger partial charge in [-0.05, 0) is 52.2 Å². The molecule has 1 N–H and O–H groups in total. The van der Waals surface area contributed by atoms with Gasteiger partial charge in [0.15, 0.2) is 0 Å². The zero-order chi connectivity index (χ0) is 12.9. The van der Waals surface area contributed by atoms with E-state index in [1.165, 1.54) is 45.2 Å². The monoisotopic (exact) mass is 240 g/mol. The van der Waals surface area contributed by atoms with Crippen molar-refractivity contribution < 1.29 is 0 Å². The molecule has 2 heteroatoms. The molecule has 3 unspecified atom stereocenters. The molecular formula is C15H32N2. The molecule has 17 heavy (non-hydrogen) atoms. The molecule has 0 radical (unpaired) electrons. The Morgan fingerprint density at radius 3 is 2.18 bits per heavy atom. The molecule has 1 fully saturated rings. The molecule has 1 saturated heterocycles. The molecule has 1 rings (SSSR count). The van der Waals surface area contributed by atoms with Crippen molar-refractivity contribution in [3.05, 3.63) is 0 Å². The molecule has 0 aliphatic carbocycles. The molecular weight excluding hydrogens is 208 g/mol. The number of likely N-dealkylation sites (N-methyl/N-ethyl adjacent to an activating group) is 1. The number of piperidine rings is 1. The lowest BCUT2D eigenvalue weighted by Gasteiger charge is -2.49. The van der Waals surface area contributed by atoms with Gasteiger partial charge in [0.25, 0.3) is 0 Å². The van der Waals surface area contributed by atoms with Crippen molar-refractivity contribution in [3.8, 4) is 0 Å². The standard InChI is InChI=1S/C15H32N2/c1-6-13(3)14(16-5)15(4,7-2)17-11-9-8-10-12-17/h13-14,16H,6-12H2,1-5H3. The molecule has 0 bridgehead atoms. The van der Waals surface area contributed by atoms with E-state index in [9.17, 15) is 0 Å². The minimum absolute atomic E-state index is 0.324. The average Bonchev–Trinajstić information content (AvgIpc) is 2.39. The maximum absolute atomic E-state index is 3.60. The SMILES string of the molecule is CCC(C)C(NC)C(C)(CC)N1CCCCC1. The minimum Gasteiger partial charge on any atom is -0.315 e. The third kappa shape index (κ3) is 3.23. The quantitative estimate of drug-likeness (QED) is 0.766. The van der Waals surface area contributed by atoms with Crippen molar-refractivity contribution in [3.63, 3.8) is 0 Å². The van der Waals surface area contributed by atoms with Crippen molar-refractivity contribution in [1.82, 2.24) is 10.2 Å². The highest BCUT2D eigenvalue weighted by Gasteiger charge is 2.39. The van der Waals surface area contributed by atoms with E-state index in [2.05, 4.69) is 45.0 Å². The van der Waals surface area contributed by atoms with Crippen LogP contribution in [-0.4, -0.2) is 36.6 Å². The minimum atomic E-state index is 0.324. The Hall–Kier alpha value is -0.0800. The van der Waals surface area contributed by atoms with Gasteiger partial charge in [-0.15, -0.1) is 0 Å². The molecule has 1 aliphatic rings. The van der Waals surface area contributed by atoms with E-state index in [-0.39, 0.29) is 0 Å². The van der Waals surface area contributed by atoms with Gasteiger partial charge in [-0.2, -0.15) is 0 Å². The summed E-state index contributed by atoms with van der Waals surface area (Å²) in [6, 6.07) is 0.607. The summed E-state index contributed by atoms with van der Waals surface area (Å²) in [6.45, 7) is 12.1. The van der Waals surface area contributed by atoms with Gasteiger partial charge in [0.05, 0.1) is 0 Å². The van der Waals surface area contributed by atoms with Crippen molar-refractivity contribution in [2.45, 2.75) is 71.4 Å². The summed E-state index contributed by atoms with van der Waals surface area (Å²) in [5, 5.41) is 3.60. The number of hydrogen-bond donors (Lipinski definition) is 1. The van der Waals surface area contributed by atoms with E-state index >= 15 is 0 Å². The van der Waals surface area contributed by atoms with Crippen molar-refractivity contribution in [1.29, 1.82) is 0 Å². The molecule has 0 aromatic carbocycles. The Labute approximate surface area is 108 Å². The van der Waals surface area contributed by atoms with Crippen LogP contribution in [-0.2, 0) is 0 Å². The Balaban J connectivity index is 2.82. The van der Waals surface area contributed by atoms with Gasteiger partial charge in [-0.3, -0.25) is 4.90 Å². The van der Waals surface area contributed by atoms with Gasteiger partial charge in [-0.25, -0.2) is 0 Å². The normalized spacial score (nSPS) is 25.2. The lowest BCUT2D eigenvalue weighted by Crippen LogP contribution is -2.61. The van der Waals surface area contributed by atoms with Gasteiger partial charge in [-0.1, -0.05) is 33.6 Å². The first-order valence-electron chi connectivity index (χ1n) is 7.52. The highest BCUT2D eigenvalue weighted by molar-refractivity contribution is 4.98. The van der Waals surface area contributed by atoms with E-state index in [4.69, 9.17) is 0 Å². The van der Waals surface area contributed by atoms with Crippen LogP contribution in [0.25, 0.3) is 0 Å². The lowest BCUT2D eigenvalue weighted by atomic mass is 9.78. The first-order chi connectivity index (χ1) is 8.10. The largest absolute Gasteiger partial charge is 0.315 e. The summed E-state index contributed by atoms with van der Waals surface area (Å²) >= 11 is 0. The third-order valence-electron chi connectivity index (χ3n) is 4.99. The third-order valence-corrected chi connectivity index (χ3v) is 4.99. The molecule has 0 aromatic heterocycles. The average molecular weight is 240 g/mol. The zero-order valence-corrected chi connectivity index (χ0v) is 12.6. The van der Waals surface area contributed by atoms with Gasteiger partial charge in [0, 0.05) is 11.6 Å². The van der Waals surface area contributed by atoms with E-state index < -0.39 is 0 Å². The lowest BCUT2D eigenvalue weighted by molar-refractivity contribution is 0.0276. The van der Waals surface area contributed by atoms with Crippen LogP contribution in [0.2, 0.25) is 0 Å². The fraction of sp³-hybridized carbons (Fsp3) is 1.00. The van der Waals surface area contributed by atoms with E-state index in [1.54, 1.807) is 0 Å². The molecule has 0 amide bonds. The summed E-state index contributed by atoms with van der Waals surface area (Å²) in [6.07, 6.45) is 6.68. The fourth-order valence-corrected chi connectivity index (χ4v) is 3.49. The smallest absolute Gasteiger partial charge is 0.0334 e. The van der Waals surface area contributed by atoms with Gasteiger partial charge < -0.3 is 5.32 Å². The Morgan fingerprint density at radius 2 is 1.76 bits per heavy atom. The van der Waals surface area contributed by atoms with Crippen LogP contribution in [0, 0.1) is 5.92 Å². The molecule has 2 nitrogen and oxygen atoms in total. The Morgan fingerprint density at radius 1 is 1.18 bits per heavy atom. The second kappa shape index (κ2) is 6.75. The van der Waals surface area contributed by atoms with Gasteiger partial charge >= 0.3 is 0 Å². The molecule has 0 saturated carbocycles. The molecule has 102 valence electrons. The number of nitrogens with zero attached hydrogens (tertiary/aromatic N) is 1. The number of rotatable bonds is 6. The van der Waals surface area contributed by atoms with Crippen LogP contribution in [0.5, 0.6) is 0 Å². The summed E-state index contributed by atoms with van der Waals surface area (Å²) in [4.78, 5) is 2.74. The van der Waals surface area contributed by atoms with Crippen LogP contribution in [0.3, 0.4) is 0 Å². The molecule has 3 atom stereocenters. The van der Waals surface area contributed by atoms with Crippen LogP contribution in [0.1, 0.15) is 59.8 Å². The van der Waals surface area contributed by atoms with E-state index in [1.807, 2.05) is 0 Å². The van der Waals surface area contributed by atoms with Crippen molar-refractivity contribution >= 4 is 0 Å². The first kappa shape index (κ1) is 15.0. The van der Waals surface area contributed by atoms with E-state index in [0.29, 0.717) is 11.6 Å². The molecule has 0 aromatic rings. The summed E-state index contributed by atoms with van der Waals surface area (Å²) in [5.41, 5.74) is 0.324. The first-order valence-corrected chi connectivity index (χ1v) is 7.52. The Bertz CT molecular complexity index is 211. The highest BCUT2D eigenvalue weighted by atomic mass is 15.2. The van der Waals surface area contributed by atoms with Gasteiger partial charge in [0.2, 0.25) is 0 Å². The number of nitrogens with one attached hydrogen (secondary N) is 1. The van der Waals surface area contributed by atoms with E-state index in [0.717, 1.165) is 5.92 Å². The van der Waals surface area contributed by atoms with Gasteiger partial charge in [0.1, 0.15) is 0 Å². The van der Waals surface area contributed by atoms with Crippen LogP contribution in [0.15, 0.2) is 0 Å². The summed E-state index contributed by atoms with van der Waals surface area (Å²) in [7, 11) is 2.13. The molecule has 1 aliphatic heterocycles. The maximum Gasteiger partial charge on any atom is 0.0334 e. The topological polar surface area (TPSA) is 15.3 Å².